The number of nitrogens with zero attached hydrogens (tertiary/aromatic N) is 3. The predicted octanol–water partition coefficient (Wildman–Crippen LogP) is -0.0126. The lowest BCUT2D eigenvalue weighted by molar-refractivity contribution is 0.152. The molecule has 1 saturated heterocycles. The maximum Gasteiger partial charge on any atom is 0.162 e. The van der Waals surface area contributed by atoms with Crippen LogP contribution in [0.25, 0.3) is 0 Å². The Bertz CT molecular complexity index is 373. The van der Waals surface area contributed by atoms with Gasteiger partial charge in [-0.1, -0.05) is 0 Å². The first-order valence-corrected chi connectivity index (χ1v) is 5.28. The van der Waals surface area contributed by atoms with Crippen LogP contribution < -0.4 is 10.6 Å². The second-order valence-corrected chi connectivity index (χ2v) is 3.64. The maximum atomic E-state index is 7.50. The van der Waals surface area contributed by atoms with Gasteiger partial charge in [-0.05, 0) is 12.5 Å². The van der Waals surface area contributed by atoms with E-state index in [2.05, 4.69) is 15.1 Å². The average molecular weight is 221 g/mol. The van der Waals surface area contributed by atoms with Gasteiger partial charge in [0.15, 0.2) is 5.82 Å². The Balaban J connectivity index is 2.27. The zero-order chi connectivity index (χ0) is 11.4. The van der Waals surface area contributed by atoms with E-state index >= 15 is 0 Å². The number of hydrogen-bond acceptors (Lipinski definition) is 5. The number of nitrogens with one attached hydrogen (secondary N) is 1. The number of rotatable bonds is 2. The molecule has 86 valence electrons. The molecule has 0 bridgehead atoms. The van der Waals surface area contributed by atoms with Crippen molar-refractivity contribution in [1.82, 2.24) is 10.2 Å². The van der Waals surface area contributed by atoms with Gasteiger partial charge < -0.3 is 15.4 Å². The number of hydrogen-bond donors (Lipinski definition) is 2. The van der Waals surface area contributed by atoms with Crippen LogP contribution >= 0.6 is 0 Å². The average Bonchev–Trinajstić information content (AvgIpc) is 2.57. The normalized spacial score (nSPS) is 16.9. The van der Waals surface area contributed by atoms with Crippen molar-refractivity contribution in [3.8, 4) is 0 Å². The minimum absolute atomic E-state index is 0.0232. The van der Waals surface area contributed by atoms with E-state index in [1.54, 1.807) is 12.3 Å². The van der Waals surface area contributed by atoms with Crippen molar-refractivity contribution >= 4 is 11.7 Å². The highest BCUT2D eigenvalue weighted by Gasteiger charge is 2.16. The summed E-state index contributed by atoms with van der Waals surface area (Å²) in [6.45, 7) is 3.07. The first kappa shape index (κ1) is 10.8. The maximum absolute atomic E-state index is 7.50. The number of anilines is 1. The third-order valence-electron chi connectivity index (χ3n) is 2.51. The van der Waals surface area contributed by atoms with Gasteiger partial charge in [0.2, 0.25) is 0 Å². The van der Waals surface area contributed by atoms with Gasteiger partial charge in [-0.25, -0.2) is 0 Å². The van der Waals surface area contributed by atoms with E-state index in [1.807, 2.05) is 0 Å². The Kier molecular flexibility index (Phi) is 3.31. The molecular formula is C10H15N5O. The largest absolute Gasteiger partial charge is 0.384 e. The van der Waals surface area contributed by atoms with E-state index in [-0.39, 0.29) is 5.84 Å². The van der Waals surface area contributed by atoms with Gasteiger partial charge in [0.25, 0.3) is 0 Å². The van der Waals surface area contributed by atoms with Crippen molar-refractivity contribution in [3.05, 3.63) is 17.8 Å². The Labute approximate surface area is 93.9 Å². The van der Waals surface area contributed by atoms with Crippen LogP contribution in [0.4, 0.5) is 5.82 Å². The molecule has 1 aromatic heterocycles. The molecule has 2 rings (SSSR count). The summed E-state index contributed by atoms with van der Waals surface area (Å²) in [5.74, 6) is 0.704. The Morgan fingerprint density at radius 1 is 1.44 bits per heavy atom. The number of nitrogen functional groups attached to an aromatic ring is 1. The molecule has 6 nitrogen and oxygen atoms in total. The van der Waals surface area contributed by atoms with Gasteiger partial charge in [0.05, 0.1) is 18.4 Å². The molecule has 0 aliphatic carbocycles. The second kappa shape index (κ2) is 4.89. The summed E-state index contributed by atoms with van der Waals surface area (Å²) in [5.41, 5.74) is 6.15. The minimum atomic E-state index is 0.0232. The standard InChI is InChI=1S/C10H15N5O/c11-9(12)8-2-3-13-14-10(8)15-4-1-6-16-7-5-15/h2-3H,1,4-7H2,(H3,11,12). The number of ether oxygens (including phenoxy) is 1. The Morgan fingerprint density at radius 2 is 2.31 bits per heavy atom. The summed E-state index contributed by atoms with van der Waals surface area (Å²) >= 11 is 0. The van der Waals surface area contributed by atoms with Crippen molar-refractivity contribution in [1.29, 1.82) is 5.41 Å². The molecule has 0 saturated carbocycles. The molecule has 2 heterocycles. The molecular weight excluding hydrogens is 206 g/mol. The first-order valence-electron chi connectivity index (χ1n) is 5.28. The number of nitrogens with two attached hydrogens (primary N) is 1. The Hall–Kier alpha value is -1.69. The van der Waals surface area contributed by atoms with Crippen LogP contribution in [-0.4, -0.2) is 42.3 Å². The molecule has 6 heteroatoms. The highest BCUT2D eigenvalue weighted by atomic mass is 16.5. The predicted molar refractivity (Wildman–Crippen MR) is 60.7 cm³/mol. The third-order valence-corrected chi connectivity index (χ3v) is 2.51. The van der Waals surface area contributed by atoms with Crippen LogP contribution in [0.2, 0.25) is 0 Å². The van der Waals surface area contributed by atoms with Crippen molar-refractivity contribution in [2.45, 2.75) is 6.42 Å². The van der Waals surface area contributed by atoms with Crippen LogP contribution in [0.15, 0.2) is 12.3 Å². The fraction of sp³-hybridized carbons (Fsp3) is 0.500. The monoisotopic (exact) mass is 221 g/mol. The van der Waals surface area contributed by atoms with Crippen LogP contribution in [0.1, 0.15) is 12.0 Å². The third kappa shape index (κ3) is 2.27. The van der Waals surface area contributed by atoms with Crippen molar-refractivity contribution in [3.63, 3.8) is 0 Å². The number of aromatic nitrogens is 2. The van der Waals surface area contributed by atoms with E-state index in [9.17, 15) is 0 Å². The molecule has 1 aliphatic heterocycles. The fourth-order valence-corrected chi connectivity index (χ4v) is 1.73. The van der Waals surface area contributed by atoms with Crippen LogP contribution in [0, 0.1) is 5.41 Å². The molecule has 1 aromatic rings. The van der Waals surface area contributed by atoms with Gasteiger partial charge >= 0.3 is 0 Å². The number of amidine groups is 1. The second-order valence-electron chi connectivity index (χ2n) is 3.64. The van der Waals surface area contributed by atoms with Crippen LogP contribution in [0.3, 0.4) is 0 Å². The fourth-order valence-electron chi connectivity index (χ4n) is 1.73. The van der Waals surface area contributed by atoms with E-state index in [4.69, 9.17) is 15.9 Å². The van der Waals surface area contributed by atoms with Gasteiger partial charge in [0, 0.05) is 19.7 Å². The van der Waals surface area contributed by atoms with Gasteiger partial charge in [-0.2, -0.15) is 5.10 Å². The first-order chi connectivity index (χ1) is 7.79. The van der Waals surface area contributed by atoms with Gasteiger partial charge in [-0.3, -0.25) is 5.41 Å². The van der Waals surface area contributed by atoms with E-state index in [1.165, 1.54) is 0 Å². The van der Waals surface area contributed by atoms with Gasteiger partial charge in [-0.15, -0.1) is 5.10 Å². The van der Waals surface area contributed by atoms with Crippen LogP contribution in [0.5, 0.6) is 0 Å². The molecule has 16 heavy (non-hydrogen) atoms. The molecule has 0 atom stereocenters. The lowest BCUT2D eigenvalue weighted by Gasteiger charge is -2.21. The topological polar surface area (TPSA) is 88.1 Å². The Morgan fingerprint density at radius 3 is 3.12 bits per heavy atom. The molecule has 0 unspecified atom stereocenters. The highest BCUT2D eigenvalue weighted by Crippen LogP contribution is 2.16. The van der Waals surface area contributed by atoms with Crippen molar-refractivity contribution in [2.24, 2.45) is 5.73 Å². The molecule has 3 N–H and O–H groups in total. The van der Waals surface area contributed by atoms with E-state index in [0.29, 0.717) is 18.0 Å². The SMILES string of the molecule is N=C(N)c1ccnnc1N1CCCOCC1. The molecule has 0 spiro atoms. The molecule has 1 aliphatic rings. The van der Waals surface area contributed by atoms with Crippen molar-refractivity contribution in [2.75, 3.05) is 31.2 Å². The smallest absolute Gasteiger partial charge is 0.162 e. The zero-order valence-electron chi connectivity index (χ0n) is 9.02. The van der Waals surface area contributed by atoms with E-state index in [0.717, 1.165) is 26.1 Å². The lowest BCUT2D eigenvalue weighted by atomic mass is 10.2. The van der Waals surface area contributed by atoms with Crippen molar-refractivity contribution < 1.29 is 4.74 Å². The lowest BCUT2D eigenvalue weighted by Crippen LogP contribution is -2.30. The summed E-state index contributed by atoms with van der Waals surface area (Å²) in [6, 6.07) is 1.72. The quantitative estimate of drug-likeness (QED) is 0.541. The van der Waals surface area contributed by atoms with Crippen LogP contribution in [-0.2, 0) is 4.74 Å². The molecule has 0 aromatic carbocycles. The molecule has 0 radical (unpaired) electrons. The summed E-state index contributed by atoms with van der Waals surface area (Å²) in [4.78, 5) is 2.07. The summed E-state index contributed by atoms with van der Waals surface area (Å²) in [6.07, 6.45) is 2.50. The summed E-state index contributed by atoms with van der Waals surface area (Å²) < 4.78 is 5.37. The minimum Gasteiger partial charge on any atom is -0.384 e. The summed E-state index contributed by atoms with van der Waals surface area (Å²) in [7, 11) is 0. The highest BCUT2D eigenvalue weighted by molar-refractivity contribution is 5.99. The van der Waals surface area contributed by atoms with Gasteiger partial charge in [0.1, 0.15) is 5.84 Å². The summed E-state index contributed by atoms with van der Waals surface area (Å²) in [5, 5.41) is 15.4. The van der Waals surface area contributed by atoms with E-state index < -0.39 is 0 Å². The molecule has 0 amide bonds. The zero-order valence-corrected chi connectivity index (χ0v) is 9.02. The molecule has 1 fully saturated rings.